The number of carboxylic acid groups (broad SMARTS) is 1. The van der Waals surface area contributed by atoms with Gasteiger partial charge < -0.3 is 15.2 Å². The molecule has 0 fully saturated rings. The van der Waals surface area contributed by atoms with E-state index in [0.717, 1.165) is 36.4 Å². The number of aliphatic carboxylic acids is 1. The maximum absolute atomic E-state index is 10.7. The van der Waals surface area contributed by atoms with Gasteiger partial charge in [0.25, 0.3) is 0 Å². The van der Waals surface area contributed by atoms with Crippen LogP contribution in [0.5, 0.6) is 5.75 Å². The zero-order valence-electron chi connectivity index (χ0n) is 14.1. The quantitative estimate of drug-likeness (QED) is 0.650. The van der Waals surface area contributed by atoms with Crippen molar-refractivity contribution in [3.8, 4) is 5.75 Å². The van der Waals surface area contributed by atoms with Crippen LogP contribution in [-0.2, 0) is 17.9 Å². The summed E-state index contributed by atoms with van der Waals surface area (Å²) in [6.07, 6.45) is 1.15. The Labute approximate surface area is 133 Å². The molecular formula is C17H28N2O3. The highest BCUT2D eigenvalue weighted by Gasteiger charge is 2.08. The van der Waals surface area contributed by atoms with Crippen molar-refractivity contribution >= 4 is 5.97 Å². The van der Waals surface area contributed by atoms with Gasteiger partial charge in [-0.15, -0.1) is 0 Å². The molecule has 0 aromatic heterocycles. The van der Waals surface area contributed by atoms with E-state index in [9.17, 15) is 4.79 Å². The zero-order valence-corrected chi connectivity index (χ0v) is 14.1. The minimum atomic E-state index is -0.819. The molecule has 0 aliphatic carbocycles. The summed E-state index contributed by atoms with van der Waals surface area (Å²) in [5.41, 5.74) is 2.17. The van der Waals surface area contributed by atoms with Crippen molar-refractivity contribution in [1.29, 1.82) is 0 Å². The Hall–Kier alpha value is -1.59. The van der Waals surface area contributed by atoms with Crippen LogP contribution < -0.4 is 10.1 Å². The molecule has 0 radical (unpaired) electrons. The summed E-state index contributed by atoms with van der Waals surface area (Å²) in [7, 11) is 3.46. The van der Waals surface area contributed by atoms with Gasteiger partial charge in [0.1, 0.15) is 5.75 Å². The average Bonchev–Trinajstić information content (AvgIpc) is 2.43. The number of ether oxygens (including phenoxy) is 1. The molecule has 1 aromatic rings. The first-order valence-electron chi connectivity index (χ1n) is 7.69. The first-order valence-corrected chi connectivity index (χ1v) is 7.69. The fraction of sp³-hybridized carbons (Fsp3) is 0.588. The lowest BCUT2D eigenvalue weighted by atomic mass is 10.1. The molecule has 0 amide bonds. The second kappa shape index (κ2) is 9.43. The van der Waals surface area contributed by atoms with E-state index in [2.05, 4.69) is 19.2 Å². The number of rotatable bonds is 10. The van der Waals surface area contributed by atoms with Crippen molar-refractivity contribution < 1.29 is 14.6 Å². The summed E-state index contributed by atoms with van der Waals surface area (Å²) in [5, 5.41) is 12.2. The van der Waals surface area contributed by atoms with Crippen LogP contribution in [0.15, 0.2) is 18.2 Å². The summed E-state index contributed by atoms with van der Waals surface area (Å²) in [6.45, 7) is 6.81. The largest absolute Gasteiger partial charge is 0.496 e. The first kappa shape index (κ1) is 18.5. The number of carbonyl (C=O) groups is 1. The fourth-order valence-electron chi connectivity index (χ4n) is 2.25. The zero-order chi connectivity index (χ0) is 16.5. The van der Waals surface area contributed by atoms with E-state index >= 15 is 0 Å². The topological polar surface area (TPSA) is 61.8 Å². The van der Waals surface area contributed by atoms with Crippen molar-refractivity contribution in [1.82, 2.24) is 10.2 Å². The fourth-order valence-corrected chi connectivity index (χ4v) is 2.25. The van der Waals surface area contributed by atoms with Crippen LogP contribution >= 0.6 is 0 Å². The summed E-state index contributed by atoms with van der Waals surface area (Å²) < 4.78 is 5.45. The maximum Gasteiger partial charge on any atom is 0.317 e. The van der Waals surface area contributed by atoms with Crippen LogP contribution in [0.2, 0.25) is 0 Å². The smallest absolute Gasteiger partial charge is 0.317 e. The summed E-state index contributed by atoms with van der Waals surface area (Å²) in [5.74, 6) is 0.722. The van der Waals surface area contributed by atoms with Crippen molar-refractivity contribution in [2.75, 3.05) is 27.2 Å². The molecule has 0 spiro atoms. The van der Waals surface area contributed by atoms with E-state index in [1.807, 2.05) is 18.2 Å². The third-order valence-corrected chi connectivity index (χ3v) is 3.42. The number of nitrogens with one attached hydrogen (secondary N) is 1. The lowest BCUT2D eigenvalue weighted by molar-refractivity contribution is -0.138. The Morgan fingerprint density at radius 1 is 1.41 bits per heavy atom. The lowest BCUT2D eigenvalue weighted by Gasteiger charge is -2.16. The number of hydrogen-bond donors (Lipinski definition) is 2. The second-order valence-electron chi connectivity index (χ2n) is 6.07. The standard InChI is InChI=1S/C17H28N2O3/c1-13(2)7-8-18-10-15-6-5-14(9-16(15)22-4)11-19(3)12-17(20)21/h5-6,9,13,18H,7-8,10-12H2,1-4H3,(H,20,21). The van der Waals surface area contributed by atoms with Gasteiger partial charge in [-0.2, -0.15) is 0 Å². The highest BCUT2D eigenvalue weighted by atomic mass is 16.5. The van der Waals surface area contributed by atoms with Crippen LogP contribution in [0.25, 0.3) is 0 Å². The molecule has 1 rings (SSSR count). The summed E-state index contributed by atoms with van der Waals surface area (Å²) >= 11 is 0. The summed E-state index contributed by atoms with van der Waals surface area (Å²) in [6, 6.07) is 6.06. The average molecular weight is 308 g/mol. The van der Waals surface area contributed by atoms with E-state index in [0.29, 0.717) is 12.5 Å². The van der Waals surface area contributed by atoms with Crippen molar-refractivity contribution in [2.24, 2.45) is 5.92 Å². The predicted octanol–water partition coefficient (Wildman–Crippen LogP) is 2.35. The first-order chi connectivity index (χ1) is 10.4. The van der Waals surface area contributed by atoms with Crippen molar-refractivity contribution in [3.63, 3.8) is 0 Å². The normalized spacial score (nSPS) is 11.2. The van der Waals surface area contributed by atoms with Crippen molar-refractivity contribution in [3.05, 3.63) is 29.3 Å². The van der Waals surface area contributed by atoms with Crippen LogP contribution in [0, 0.1) is 5.92 Å². The number of carboxylic acids is 1. The van der Waals surface area contributed by atoms with Gasteiger partial charge in [-0.1, -0.05) is 26.0 Å². The van der Waals surface area contributed by atoms with Crippen LogP contribution in [0.4, 0.5) is 0 Å². The molecule has 0 saturated carbocycles. The molecular weight excluding hydrogens is 280 g/mol. The molecule has 1 aromatic carbocycles. The number of benzene rings is 1. The molecule has 0 bridgehead atoms. The van der Waals surface area contributed by atoms with Gasteiger partial charge in [0.2, 0.25) is 0 Å². The van der Waals surface area contributed by atoms with Crippen LogP contribution in [0.1, 0.15) is 31.4 Å². The van der Waals surface area contributed by atoms with Gasteiger partial charge in [-0.3, -0.25) is 9.69 Å². The monoisotopic (exact) mass is 308 g/mol. The molecule has 22 heavy (non-hydrogen) atoms. The number of methoxy groups -OCH3 is 1. The van der Waals surface area contributed by atoms with E-state index in [1.54, 1.807) is 19.1 Å². The molecule has 0 unspecified atom stereocenters. The van der Waals surface area contributed by atoms with Gasteiger partial charge in [-0.25, -0.2) is 0 Å². The molecule has 0 saturated heterocycles. The Morgan fingerprint density at radius 2 is 2.14 bits per heavy atom. The predicted molar refractivity (Wildman–Crippen MR) is 88.1 cm³/mol. The minimum Gasteiger partial charge on any atom is -0.496 e. The van der Waals surface area contributed by atoms with Gasteiger partial charge >= 0.3 is 5.97 Å². The Balaban J connectivity index is 2.60. The maximum atomic E-state index is 10.7. The van der Waals surface area contributed by atoms with Gasteiger partial charge in [0.15, 0.2) is 0 Å². The minimum absolute atomic E-state index is 0.0286. The van der Waals surface area contributed by atoms with E-state index in [-0.39, 0.29) is 6.54 Å². The lowest BCUT2D eigenvalue weighted by Crippen LogP contribution is -2.25. The molecule has 0 heterocycles. The van der Waals surface area contributed by atoms with Crippen LogP contribution in [-0.4, -0.2) is 43.2 Å². The molecule has 2 N–H and O–H groups in total. The number of hydrogen-bond acceptors (Lipinski definition) is 4. The second-order valence-corrected chi connectivity index (χ2v) is 6.07. The highest BCUT2D eigenvalue weighted by Crippen LogP contribution is 2.21. The van der Waals surface area contributed by atoms with Crippen molar-refractivity contribution in [2.45, 2.75) is 33.4 Å². The van der Waals surface area contributed by atoms with Gasteiger partial charge in [0.05, 0.1) is 13.7 Å². The molecule has 0 aliphatic rings. The Kier molecular flexibility index (Phi) is 7.91. The third kappa shape index (κ3) is 6.91. The van der Waals surface area contributed by atoms with Crippen LogP contribution in [0.3, 0.4) is 0 Å². The number of likely N-dealkylation sites (N-methyl/N-ethyl adjacent to an activating group) is 1. The van der Waals surface area contributed by atoms with E-state index < -0.39 is 5.97 Å². The molecule has 5 nitrogen and oxygen atoms in total. The van der Waals surface area contributed by atoms with E-state index in [4.69, 9.17) is 9.84 Å². The third-order valence-electron chi connectivity index (χ3n) is 3.42. The Bertz CT molecular complexity index is 475. The van der Waals surface area contributed by atoms with E-state index in [1.165, 1.54) is 0 Å². The molecule has 0 aliphatic heterocycles. The highest BCUT2D eigenvalue weighted by molar-refractivity contribution is 5.69. The molecule has 5 heteroatoms. The molecule has 124 valence electrons. The number of nitrogens with zero attached hydrogens (tertiary/aromatic N) is 1. The SMILES string of the molecule is COc1cc(CN(C)CC(=O)O)ccc1CNCCC(C)C. The molecule has 0 atom stereocenters. The summed E-state index contributed by atoms with van der Waals surface area (Å²) in [4.78, 5) is 12.5. The van der Waals surface area contributed by atoms with Gasteiger partial charge in [-0.05, 0) is 37.6 Å². The Morgan fingerprint density at radius 3 is 2.73 bits per heavy atom. The van der Waals surface area contributed by atoms with Gasteiger partial charge in [0, 0.05) is 18.7 Å².